The normalized spacial score (nSPS) is 10.3. The Morgan fingerprint density at radius 3 is 2.65 bits per heavy atom. The zero-order valence-electron chi connectivity index (χ0n) is 12.8. The molecule has 3 N–H and O–H groups in total. The predicted octanol–water partition coefficient (Wildman–Crippen LogP) is 1.07. The molecule has 0 aliphatic rings. The molecule has 0 aliphatic carbocycles. The molecule has 0 saturated carbocycles. The third kappa shape index (κ3) is 4.71. The Morgan fingerprint density at radius 1 is 1.30 bits per heavy atom. The number of thioether (sulfide) groups is 1. The summed E-state index contributed by atoms with van der Waals surface area (Å²) in [6.07, 6.45) is 0. The molecule has 0 atom stereocenters. The van der Waals surface area contributed by atoms with Gasteiger partial charge in [-0.3, -0.25) is 14.2 Å². The van der Waals surface area contributed by atoms with Gasteiger partial charge in [-0.15, -0.1) is 10.2 Å². The van der Waals surface area contributed by atoms with Crippen molar-refractivity contribution in [3.63, 3.8) is 0 Å². The number of ether oxygens (including phenoxy) is 1. The first-order valence-electron chi connectivity index (χ1n) is 6.74. The van der Waals surface area contributed by atoms with Gasteiger partial charge in [-0.25, -0.2) is 0 Å². The number of aromatic nitrogens is 3. The van der Waals surface area contributed by atoms with Gasteiger partial charge < -0.3 is 15.8 Å². The minimum absolute atomic E-state index is 0.0454. The van der Waals surface area contributed by atoms with E-state index >= 15 is 0 Å². The maximum absolute atomic E-state index is 12.1. The fourth-order valence-corrected chi connectivity index (χ4v) is 2.50. The van der Waals surface area contributed by atoms with Crippen LogP contribution in [0, 0.1) is 6.92 Å². The van der Waals surface area contributed by atoms with E-state index in [1.54, 1.807) is 0 Å². The van der Waals surface area contributed by atoms with Gasteiger partial charge in [-0.05, 0) is 19.1 Å². The third-order valence-corrected chi connectivity index (χ3v) is 3.87. The van der Waals surface area contributed by atoms with Gasteiger partial charge in [0.15, 0.2) is 5.16 Å². The highest BCUT2D eigenvalue weighted by atomic mass is 32.2. The number of carbonyl (C=O) groups is 2. The Morgan fingerprint density at radius 2 is 2.00 bits per heavy atom. The second kappa shape index (κ2) is 7.63. The van der Waals surface area contributed by atoms with E-state index in [1.807, 2.05) is 31.2 Å². The smallest absolute Gasteiger partial charge is 0.316 e. The molecular formula is C14H17N5O3S. The van der Waals surface area contributed by atoms with Crippen molar-refractivity contribution >= 4 is 35.3 Å². The first-order valence-corrected chi connectivity index (χ1v) is 7.73. The topological polar surface area (TPSA) is 112 Å². The second-order valence-corrected chi connectivity index (χ2v) is 5.65. The Hall–Kier alpha value is -2.55. The number of nitrogens with zero attached hydrogens (tertiary/aromatic N) is 3. The fraction of sp³-hybridized carbons (Fsp3) is 0.286. The molecule has 1 heterocycles. The zero-order chi connectivity index (χ0) is 16.8. The quantitative estimate of drug-likeness (QED) is 0.600. The maximum atomic E-state index is 12.1. The fourth-order valence-electron chi connectivity index (χ4n) is 1.72. The molecule has 2 rings (SSSR count). The molecule has 0 radical (unpaired) electrons. The molecule has 0 fully saturated rings. The maximum Gasteiger partial charge on any atom is 0.316 e. The van der Waals surface area contributed by atoms with Gasteiger partial charge in [0.25, 0.3) is 0 Å². The van der Waals surface area contributed by atoms with Crippen LogP contribution >= 0.6 is 11.8 Å². The van der Waals surface area contributed by atoms with Crippen molar-refractivity contribution in [2.75, 3.05) is 23.9 Å². The Bertz CT molecular complexity index is 699. The van der Waals surface area contributed by atoms with Gasteiger partial charge in [0.05, 0.1) is 12.9 Å². The van der Waals surface area contributed by atoms with Crippen LogP contribution in [0.15, 0.2) is 29.4 Å². The summed E-state index contributed by atoms with van der Waals surface area (Å²) in [4.78, 5) is 23.3. The molecule has 9 heteroatoms. The van der Waals surface area contributed by atoms with Gasteiger partial charge in [-0.2, -0.15) is 0 Å². The van der Waals surface area contributed by atoms with Gasteiger partial charge in [0.1, 0.15) is 6.54 Å². The largest absolute Gasteiger partial charge is 0.468 e. The number of amides is 1. The molecule has 1 aromatic carbocycles. The number of rotatable bonds is 6. The number of esters is 1. The first kappa shape index (κ1) is 16.8. The van der Waals surface area contributed by atoms with Crippen LogP contribution in [0.4, 0.5) is 11.6 Å². The minimum atomic E-state index is -0.396. The van der Waals surface area contributed by atoms with Crippen LogP contribution in [0.25, 0.3) is 0 Å². The summed E-state index contributed by atoms with van der Waals surface area (Å²) in [5, 5.41) is 10.7. The van der Waals surface area contributed by atoms with Crippen molar-refractivity contribution in [2.24, 2.45) is 0 Å². The Balaban J connectivity index is 2.01. The molecular weight excluding hydrogens is 318 g/mol. The van der Waals surface area contributed by atoms with Crippen LogP contribution in [-0.4, -0.2) is 39.5 Å². The summed E-state index contributed by atoms with van der Waals surface area (Å²) < 4.78 is 6.00. The number of anilines is 2. The second-order valence-electron chi connectivity index (χ2n) is 4.71. The van der Waals surface area contributed by atoms with E-state index in [1.165, 1.54) is 11.7 Å². The number of hydrogen-bond acceptors (Lipinski definition) is 7. The van der Waals surface area contributed by atoms with Crippen LogP contribution in [0.1, 0.15) is 5.56 Å². The standard InChI is InChI=1S/C14H17N5O3S/c1-9-3-5-10(6-4-9)16-11(20)7-19-13(15)17-18-14(19)23-8-12(21)22-2/h3-6H,7-8H2,1-2H3,(H2,15,17)(H,16,20). The lowest BCUT2D eigenvalue weighted by Gasteiger charge is -2.09. The Kier molecular flexibility index (Phi) is 5.58. The molecule has 0 bridgehead atoms. The van der Waals surface area contributed by atoms with Crippen LogP contribution in [0.2, 0.25) is 0 Å². The molecule has 0 saturated heterocycles. The van der Waals surface area contributed by atoms with Crippen molar-refractivity contribution in [3.05, 3.63) is 29.8 Å². The van der Waals surface area contributed by atoms with Crippen molar-refractivity contribution in [1.29, 1.82) is 0 Å². The molecule has 0 unspecified atom stereocenters. The molecule has 2 aromatic rings. The van der Waals surface area contributed by atoms with E-state index in [0.29, 0.717) is 10.8 Å². The van der Waals surface area contributed by atoms with Gasteiger partial charge >= 0.3 is 5.97 Å². The molecule has 1 amide bonds. The molecule has 23 heavy (non-hydrogen) atoms. The average molecular weight is 335 g/mol. The molecule has 0 spiro atoms. The van der Waals surface area contributed by atoms with Gasteiger partial charge in [0, 0.05) is 5.69 Å². The van der Waals surface area contributed by atoms with Crippen molar-refractivity contribution in [1.82, 2.24) is 14.8 Å². The first-order chi connectivity index (χ1) is 11.0. The highest BCUT2D eigenvalue weighted by molar-refractivity contribution is 7.99. The molecule has 122 valence electrons. The van der Waals surface area contributed by atoms with E-state index in [2.05, 4.69) is 20.3 Å². The van der Waals surface area contributed by atoms with Crippen molar-refractivity contribution in [2.45, 2.75) is 18.6 Å². The number of hydrogen-bond donors (Lipinski definition) is 2. The SMILES string of the molecule is COC(=O)CSc1nnc(N)n1CC(=O)Nc1ccc(C)cc1. The summed E-state index contributed by atoms with van der Waals surface area (Å²) in [6.45, 7) is 1.92. The lowest BCUT2D eigenvalue weighted by molar-refractivity contribution is -0.137. The highest BCUT2D eigenvalue weighted by Crippen LogP contribution is 2.18. The van der Waals surface area contributed by atoms with Crippen LogP contribution in [0.3, 0.4) is 0 Å². The van der Waals surface area contributed by atoms with E-state index in [9.17, 15) is 9.59 Å². The van der Waals surface area contributed by atoms with Crippen LogP contribution in [0.5, 0.6) is 0 Å². The third-order valence-electron chi connectivity index (χ3n) is 2.93. The van der Waals surface area contributed by atoms with E-state index in [-0.39, 0.29) is 24.2 Å². The number of aryl methyl sites for hydroxylation is 1. The number of methoxy groups -OCH3 is 1. The van der Waals surface area contributed by atoms with Crippen molar-refractivity contribution in [3.8, 4) is 0 Å². The lowest BCUT2D eigenvalue weighted by atomic mass is 10.2. The van der Waals surface area contributed by atoms with Crippen LogP contribution in [-0.2, 0) is 20.9 Å². The predicted molar refractivity (Wildman–Crippen MR) is 87.0 cm³/mol. The number of benzene rings is 1. The number of nitrogens with one attached hydrogen (secondary N) is 1. The Labute approximate surface area is 137 Å². The highest BCUT2D eigenvalue weighted by Gasteiger charge is 2.15. The average Bonchev–Trinajstić information content (AvgIpc) is 2.87. The zero-order valence-corrected chi connectivity index (χ0v) is 13.6. The number of carbonyl (C=O) groups excluding carboxylic acids is 2. The summed E-state index contributed by atoms with van der Waals surface area (Å²) >= 11 is 1.11. The summed E-state index contributed by atoms with van der Waals surface area (Å²) in [5.74, 6) is -0.488. The monoisotopic (exact) mass is 335 g/mol. The van der Waals surface area contributed by atoms with Gasteiger partial charge in [0.2, 0.25) is 11.9 Å². The summed E-state index contributed by atoms with van der Waals surface area (Å²) in [6, 6.07) is 7.44. The van der Waals surface area contributed by atoms with E-state index in [0.717, 1.165) is 17.3 Å². The lowest BCUT2D eigenvalue weighted by Crippen LogP contribution is -2.20. The molecule has 1 aromatic heterocycles. The van der Waals surface area contributed by atoms with Crippen LogP contribution < -0.4 is 11.1 Å². The minimum Gasteiger partial charge on any atom is -0.468 e. The van der Waals surface area contributed by atoms with E-state index in [4.69, 9.17) is 5.73 Å². The number of nitrogens with two attached hydrogens (primary N) is 1. The van der Waals surface area contributed by atoms with Crippen molar-refractivity contribution < 1.29 is 14.3 Å². The molecule has 8 nitrogen and oxygen atoms in total. The summed E-state index contributed by atoms with van der Waals surface area (Å²) in [7, 11) is 1.30. The molecule has 0 aliphatic heterocycles. The van der Waals surface area contributed by atoms with Gasteiger partial charge in [-0.1, -0.05) is 29.5 Å². The number of nitrogen functional groups attached to an aromatic ring is 1. The summed E-state index contributed by atoms with van der Waals surface area (Å²) in [5.41, 5.74) is 7.52. The van der Waals surface area contributed by atoms with E-state index < -0.39 is 5.97 Å².